The molecule has 0 spiro atoms. The van der Waals surface area contributed by atoms with Gasteiger partial charge in [0.1, 0.15) is 0 Å². The van der Waals surface area contributed by atoms with Crippen molar-refractivity contribution in [3.63, 3.8) is 0 Å². The van der Waals surface area contributed by atoms with Gasteiger partial charge in [0.05, 0.1) is 5.54 Å². The fourth-order valence-corrected chi connectivity index (χ4v) is 1.40. The Morgan fingerprint density at radius 2 is 1.93 bits per heavy atom. The molecule has 0 rings (SSSR count). The van der Waals surface area contributed by atoms with Crippen molar-refractivity contribution in [3.8, 4) is 0 Å². The summed E-state index contributed by atoms with van der Waals surface area (Å²) >= 11 is 0. The third-order valence-corrected chi connectivity index (χ3v) is 2.35. The maximum atomic E-state index is 5.98. The zero-order chi connectivity index (χ0) is 12.1. The lowest BCUT2D eigenvalue weighted by atomic mass is 10.0. The van der Waals surface area contributed by atoms with Crippen LogP contribution in [0.25, 0.3) is 0 Å². The van der Waals surface area contributed by atoms with Crippen LogP contribution in [-0.2, 0) is 0 Å². The summed E-state index contributed by atoms with van der Waals surface area (Å²) < 4.78 is 0. The summed E-state index contributed by atoms with van der Waals surface area (Å²) in [5, 5.41) is 3.38. The van der Waals surface area contributed by atoms with E-state index in [1.54, 1.807) is 16.1 Å². The van der Waals surface area contributed by atoms with Crippen molar-refractivity contribution in [2.45, 2.75) is 32.7 Å². The quantitative estimate of drug-likeness (QED) is 0.378. The van der Waals surface area contributed by atoms with Crippen LogP contribution in [0.4, 0.5) is 0 Å². The molecule has 4 heteroatoms. The summed E-state index contributed by atoms with van der Waals surface area (Å²) in [5.74, 6) is 11.8. The van der Waals surface area contributed by atoms with E-state index in [0.717, 1.165) is 12.1 Å². The maximum Gasteiger partial charge on any atom is 0.0641 e. The Kier molecular flexibility index (Phi) is 5.57. The first-order valence-electron chi connectivity index (χ1n) is 5.18. The third kappa shape index (κ3) is 4.46. The maximum absolute atomic E-state index is 5.98. The monoisotopic (exact) mass is 212 g/mol. The molecule has 0 aromatic rings. The molecule has 0 aliphatic heterocycles. The predicted molar refractivity (Wildman–Crippen MR) is 65.5 cm³/mol. The van der Waals surface area contributed by atoms with Crippen molar-refractivity contribution in [1.82, 2.24) is 10.0 Å². The van der Waals surface area contributed by atoms with E-state index in [1.807, 2.05) is 20.8 Å². The summed E-state index contributed by atoms with van der Waals surface area (Å²) in [6, 6.07) is 0. The second kappa shape index (κ2) is 5.90. The van der Waals surface area contributed by atoms with Gasteiger partial charge in [0.25, 0.3) is 0 Å². The van der Waals surface area contributed by atoms with E-state index in [2.05, 4.69) is 13.2 Å². The van der Waals surface area contributed by atoms with Crippen LogP contribution in [-0.4, -0.2) is 28.6 Å². The molecule has 0 aromatic heterocycles. The van der Waals surface area contributed by atoms with Gasteiger partial charge in [-0.3, -0.25) is 5.84 Å². The number of rotatable bonds is 7. The van der Waals surface area contributed by atoms with Crippen LogP contribution in [0.5, 0.6) is 0 Å². The van der Waals surface area contributed by atoms with Gasteiger partial charge in [-0.15, -0.1) is 6.58 Å². The van der Waals surface area contributed by atoms with E-state index in [4.69, 9.17) is 11.7 Å². The number of hydrazine groups is 2. The van der Waals surface area contributed by atoms with Gasteiger partial charge in [-0.05, 0) is 20.3 Å². The number of nitrogens with two attached hydrogens (primary N) is 2. The minimum Gasteiger partial charge on any atom is -0.309 e. The number of hydrogen-bond acceptors (Lipinski definition) is 4. The molecular weight excluding hydrogens is 188 g/mol. The molecule has 0 radical (unpaired) electrons. The first-order valence-corrected chi connectivity index (χ1v) is 5.18. The first kappa shape index (κ1) is 14.2. The van der Waals surface area contributed by atoms with Crippen molar-refractivity contribution in [3.05, 3.63) is 24.9 Å². The molecule has 0 fully saturated rings. The first-order chi connectivity index (χ1) is 6.85. The second-order valence-electron chi connectivity index (χ2n) is 4.32. The molecule has 0 amide bonds. The molecular formula is C11H24N4. The molecule has 0 heterocycles. The average Bonchev–Trinajstić information content (AvgIpc) is 2.15. The van der Waals surface area contributed by atoms with Crippen LogP contribution in [0, 0.1) is 0 Å². The number of nitrogens with zero attached hydrogens (tertiary/aromatic N) is 2. The largest absolute Gasteiger partial charge is 0.309 e. The molecule has 0 aliphatic carbocycles. The van der Waals surface area contributed by atoms with Crippen LogP contribution in [0.15, 0.2) is 24.9 Å². The fourth-order valence-electron chi connectivity index (χ4n) is 1.40. The van der Waals surface area contributed by atoms with Crippen LogP contribution in [0.3, 0.4) is 0 Å². The molecule has 0 saturated carbocycles. The summed E-state index contributed by atoms with van der Waals surface area (Å²) in [4.78, 5) is 0. The van der Waals surface area contributed by atoms with Crippen LogP contribution >= 0.6 is 0 Å². The fraction of sp³-hybridized carbons (Fsp3) is 0.636. The van der Waals surface area contributed by atoms with Gasteiger partial charge in [-0.1, -0.05) is 19.6 Å². The summed E-state index contributed by atoms with van der Waals surface area (Å²) in [6.07, 6.45) is 2.61. The lowest BCUT2D eigenvalue weighted by molar-refractivity contribution is 0.108. The Hall–Kier alpha value is -0.840. The predicted octanol–water partition coefficient (Wildman–Crippen LogP) is 1.23. The van der Waals surface area contributed by atoms with E-state index in [9.17, 15) is 0 Å². The van der Waals surface area contributed by atoms with Crippen molar-refractivity contribution < 1.29 is 0 Å². The van der Waals surface area contributed by atoms with Crippen LogP contribution < -0.4 is 11.7 Å². The highest BCUT2D eigenvalue weighted by Crippen LogP contribution is 2.17. The van der Waals surface area contributed by atoms with Gasteiger partial charge in [0.15, 0.2) is 0 Å². The summed E-state index contributed by atoms with van der Waals surface area (Å²) in [5.41, 5.74) is 0.678. The third-order valence-electron chi connectivity index (χ3n) is 2.35. The molecule has 0 bridgehead atoms. The Morgan fingerprint density at radius 1 is 1.40 bits per heavy atom. The van der Waals surface area contributed by atoms with Crippen LogP contribution in [0.1, 0.15) is 27.2 Å². The Bertz CT molecular complexity index is 223. The SMILES string of the molecule is C=CCN(N)CC(C)(C)N(N)C(=C)CC. The number of hydrogen-bond donors (Lipinski definition) is 2. The van der Waals surface area contributed by atoms with Crippen LogP contribution in [0.2, 0.25) is 0 Å². The van der Waals surface area contributed by atoms with E-state index in [-0.39, 0.29) is 5.54 Å². The molecule has 0 unspecified atom stereocenters. The molecule has 0 saturated heterocycles. The molecule has 88 valence electrons. The highest BCUT2D eigenvalue weighted by atomic mass is 15.5. The van der Waals surface area contributed by atoms with E-state index in [1.165, 1.54) is 0 Å². The van der Waals surface area contributed by atoms with E-state index in [0.29, 0.717) is 13.1 Å². The second-order valence-corrected chi connectivity index (χ2v) is 4.32. The summed E-state index contributed by atoms with van der Waals surface area (Å²) in [6.45, 7) is 15.0. The van der Waals surface area contributed by atoms with Gasteiger partial charge in [0, 0.05) is 18.8 Å². The molecule has 0 aromatic carbocycles. The Labute approximate surface area is 93.1 Å². The standard InChI is InChI=1S/C11H24N4/c1-6-8-14(12)9-11(4,5)15(13)10(3)7-2/h6H,1,3,7-9,12-13H2,2,4-5H3. The smallest absolute Gasteiger partial charge is 0.0641 e. The van der Waals surface area contributed by atoms with Crippen molar-refractivity contribution in [1.29, 1.82) is 0 Å². The highest BCUT2D eigenvalue weighted by molar-refractivity contribution is 4.98. The minimum atomic E-state index is -0.231. The van der Waals surface area contributed by atoms with Crippen molar-refractivity contribution >= 4 is 0 Å². The van der Waals surface area contributed by atoms with E-state index < -0.39 is 0 Å². The van der Waals surface area contributed by atoms with Crippen molar-refractivity contribution in [2.24, 2.45) is 11.7 Å². The topological polar surface area (TPSA) is 58.5 Å². The van der Waals surface area contributed by atoms with Gasteiger partial charge in [0.2, 0.25) is 0 Å². The molecule has 0 atom stereocenters. The van der Waals surface area contributed by atoms with Gasteiger partial charge >= 0.3 is 0 Å². The lowest BCUT2D eigenvalue weighted by Crippen LogP contribution is -2.55. The number of allylic oxidation sites excluding steroid dienone is 1. The molecule has 4 N–H and O–H groups in total. The van der Waals surface area contributed by atoms with E-state index >= 15 is 0 Å². The summed E-state index contributed by atoms with van der Waals surface area (Å²) in [7, 11) is 0. The van der Waals surface area contributed by atoms with Crippen molar-refractivity contribution in [2.75, 3.05) is 13.1 Å². The van der Waals surface area contributed by atoms with Gasteiger partial charge < -0.3 is 5.01 Å². The average molecular weight is 212 g/mol. The highest BCUT2D eigenvalue weighted by Gasteiger charge is 2.26. The van der Waals surface area contributed by atoms with Gasteiger partial charge in [-0.2, -0.15) is 0 Å². The minimum absolute atomic E-state index is 0.231. The molecule has 15 heavy (non-hydrogen) atoms. The zero-order valence-electron chi connectivity index (χ0n) is 10.2. The van der Waals surface area contributed by atoms with Gasteiger partial charge in [-0.25, -0.2) is 10.9 Å². The lowest BCUT2D eigenvalue weighted by Gasteiger charge is -2.39. The molecule has 4 nitrogen and oxygen atoms in total. The Balaban J connectivity index is 4.39. The zero-order valence-corrected chi connectivity index (χ0v) is 10.2. The molecule has 0 aliphatic rings. The normalized spacial score (nSPS) is 11.6. The Morgan fingerprint density at radius 3 is 2.33 bits per heavy atom.